The Bertz CT molecular complexity index is 144. The van der Waals surface area contributed by atoms with Gasteiger partial charge in [-0.2, -0.15) is 0 Å². The third-order valence-corrected chi connectivity index (χ3v) is 1.84. The van der Waals surface area contributed by atoms with Crippen molar-refractivity contribution in [3.05, 3.63) is 12.2 Å². The Balaban J connectivity index is 2.52. The van der Waals surface area contributed by atoms with Crippen LogP contribution in [0.2, 0.25) is 0 Å². The van der Waals surface area contributed by atoms with Crippen LogP contribution in [0, 0.1) is 0 Å². The van der Waals surface area contributed by atoms with Crippen molar-refractivity contribution in [1.82, 2.24) is 0 Å². The normalized spacial score (nSPS) is 37.5. The predicted octanol–water partition coefficient (Wildman–Crippen LogP) is 0.0732. The summed E-state index contributed by atoms with van der Waals surface area (Å²) in [5, 5.41) is 18.0. The minimum Gasteiger partial charge on any atom is -0.393 e. The molecule has 0 spiro atoms. The Morgan fingerprint density at radius 3 is 2.73 bits per heavy atom. The molecule has 0 aromatic heterocycles. The molecule has 2 unspecified atom stereocenters. The molecule has 0 radical (unpaired) electrons. The molecule has 1 rings (SSSR count). The Morgan fingerprint density at radius 1 is 1.45 bits per heavy atom. The summed E-state index contributed by atoms with van der Waals surface area (Å²) >= 11 is 0. The lowest BCUT2D eigenvalue weighted by molar-refractivity contribution is -0.0722. The van der Waals surface area contributed by atoms with Gasteiger partial charge in [-0.1, -0.05) is 19.1 Å². The van der Waals surface area contributed by atoms with Crippen molar-refractivity contribution in [2.75, 3.05) is 6.61 Å². The summed E-state index contributed by atoms with van der Waals surface area (Å²) < 4.78 is 5.31. The first-order valence-corrected chi connectivity index (χ1v) is 3.90. The smallest absolute Gasteiger partial charge is 0.0992 e. The van der Waals surface area contributed by atoms with E-state index in [1.54, 1.807) is 12.2 Å². The van der Waals surface area contributed by atoms with Crippen molar-refractivity contribution in [2.45, 2.75) is 31.7 Å². The average Bonchev–Trinajstić information content (AvgIpc) is 2.05. The van der Waals surface area contributed by atoms with Gasteiger partial charge in [0.05, 0.1) is 24.9 Å². The highest BCUT2D eigenvalue weighted by Gasteiger charge is 2.22. The fourth-order valence-electron chi connectivity index (χ4n) is 1.15. The highest BCUT2D eigenvalue weighted by atomic mass is 16.5. The molecule has 3 nitrogen and oxygen atoms in total. The summed E-state index contributed by atoms with van der Waals surface area (Å²) in [5.41, 5.74) is 0. The average molecular weight is 158 g/mol. The molecule has 3 atom stereocenters. The van der Waals surface area contributed by atoms with Crippen molar-refractivity contribution in [2.24, 2.45) is 0 Å². The second-order valence-electron chi connectivity index (χ2n) is 2.68. The lowest BCUT2D eigenvalue weighted by Crippen LogP contribution is -2.35. The van der Waals surface area contributed by atoms with Gasteiger partial charge in [0.25, 0.3) is 0 Å². The maximum atomic E-state index is 9.29. The monoisotopic (exact) mass is 158 g/mol. The van der Waals surface area contributed by atoms with E-state index in [2.05, 4.69) is 0 Å². The van der Waals surface area contributed by atoms with Crippen molar-refractivity contribution >= 4 is 0 Å². The van der Waals surface area contributed by atoms with Crippen molar-refractivity contribution in [1.29, 1.82) is 0 Å². The second-order valence-corrected chi connectivity index (χ2v) is 2.68. The van der Waals surface area contributed by atoms with Gasteiger partial charge in [-0.3, -0.25) is 0 Å². The van der Waals surface area contributed by atoms with E-state index in [4.69, 9.17) is 9.84 Å². The molecule has 0 aromatic rings. The third-order valence-electron chi connectivity index (χ3n) is 1.84. The van der Waals surface area contributed by atoms with Crippen LogP contribution < -0.4 is 0 Å². The highest BCUT2D eigenvalue weighted by molar-refractivity contribution is 5.01. The van der Waals surface area contributed by atoms with Crippen LogP contribution in [0.1, 0.15) is 13.3 Å². The lowest BCUT2D eigenvalue weighted by Gasteiger charge is -2.27. The van der Waals surface area contributed by atoms with E-state index in [1.165, 1.54) is 0 Å². The minimum absolute atomic E-state index is 0.0142. The Hall–Kier alpha value is -0.380. The Kier molecular flexibility index (Phi) is 3.05. The maximum absolute atomic E-state index is 9.29. The number of hydrogen-bond donors (Lipinski definition) is 2. The molecule has 1 heterocycles. The zero-order chi connectivity index (χ0) is 8.27. The van der Waals surface area contributed by atoms with Crippen LogP contribution in [0.15, 0.2) is 12.2 Å². The number of ether oxygens (including phenoxy) is 1. The van der Waals surface area contributed by atoms with Crippen LogP contribution in [0.4, 0.5) is 0 Å². The molecular weight excluding hydrogens is 144 g/mol. The van der Waals surface area contributed by atoms with Crippen LogP contribution in [-0.4, -0.2) is 35.1 Å². The van der Waals surface area contributed by atoms with Gasteiger partial charge in [0.15, 0.2) is 0 Å². The van der Waals surface area contributed by atoms with Gasteiger partial charge in [-0.25, -0.2) is 0 Å². The molecule has 0 saturated heterocycles. The number of hydrogen-bond acceptors (Lipinski definition) is 3. The quantitative estimate of drug-likeness (QED) is 0.559. The van der Waals surface area contributed by atoms with Crippen LogP contribution in [0.3, 0.4) is 0 Å². The van der Waals surface area contributed by atoms with E-state index >= 15 is 0 Å². The zero-order valence-electron chi connectivity index (χ0n) is 6.60. The molecule has 64 valence electrons. The van der Waals surface area contributed by atoms with Crippen LogP contribution in [-0.2, 0) is 4.74 Å². The first-order chi connectivity index (χ1) is 5.27. The molecule has 3 heteroatoms. The van der Waals surface area contributed by atoms with Crippen molar-refractivity contribution in [3.8, 4) is 0 Å². The second kappa shape index (κ2) is 3.85. The minimum atomic E-state index is -0.511. The highest BCUT2D eigenvalue weighted by Crippen LogP contribution is 2.14. The van der Waals surface area contributed by atoms with Gasteiger partial charge in [-0.15, -0.1) is 0 Å². The SMILES string of the molecule is CC[C@@H]1OC(CO)C=CC1O. The molecule has 1 aliphatic heterocycles. The van der Waals surface area contributed by atoms with E-state index in [1.807, 2.05) is 6.92 Å². The zero-order valence-corrected chi connectivity index (χ0v) is 6.60. The molecule has 0 aromatic carbocycles. The molecule has 1 aliphatic rings. The summed E-state index contributed by atoms with van der Waals surface area (Å²) in [4.78, 5) is 0. The summed E-state index contributed by atoms with van der Waals surface area (Å²) in [6, 6.07) is 0. The Labute approximate surface area is 66.3 Å². The van der Waals surface area contributed by atoms with E-state index in [0.717, 1.165) is 6.42 Å². The van der Waals surface area contributed by atoms with Gasteiger partial charge in [0, 0.05) is 0 Å². The van der Waals surface area contributed by atoms with E-state index in [-0.39, 0.29) is 18.8 Å². The van der Waals surface area contributed by atoms with Crippen LogP contribution >= 0.6 is 0 Å². The standard InChI is InChI=1S/C8H14O3/c1-2-8-7(10)4-3-6(5-9)11-8/h3-4,6-10H,2,5H2,1H3/t6?,7?,8-/m0/s1. The van der Waals surface area contributed by atoms with Gasteiger partial charge in [0.1, 0.15) is 0 Å². The summed E-state index contributed by atoms with van der Waals surface area (Å²) in [7, 11) is 0. The number of aliphatic hydroxyl groups excluding tert-OH is 2. The first-order valence-electron chi connectivity index (χ1n) is 3.90. The van der Waals surface area contributed by atoms with E-state index in [0.29, 0.717) is 0 Å². The largest absolute Gasteiger partial charge is 0.393 e. The van der Waals surface area contributed by atoms with Crippen molar-refractivity contribution in [3.63, 3.8) is 0 Å². The van der Waals surface area contributed by atoms with Crippen molar-refractivity contribution < 1.29 is 14.9 Å². The van der Waals surface area contributed by atoms with Crippen LogP contribution in [0.25, 0.3) is 0 Å². The van der Waals surface area contributed by atoms with Gasteiger partial charge < -0.3 is 14.9 Å². The van der Waals surface area contributed by atoms with E-state index < -0.39 is 6.10 Å². The summed E-state index contributed by atoms with van der Waals surface area (Å²) in [5.74, 6) is 0. The predicted molar refractivity (Wildman–Crippen MR) is 41.2 cm³/mol. The van der Waals surface area contributed by atoms with Gasteiger partial charge in [-0.05, 0) is 6.42 Å². The van der Waals surface area contributed by atoms with Crippen LogP contribution in [0.5, 0.6) is 0 Å². The molecular formula is C8H14O3. The fourth-order valence-corrected chi connectivity index (χ4v) is 1.15. The van der Waals surface area contributed by atoms with Gasteiger partial charge >= 0.3 is 0 Å². The molecule has 2 N–H and O–H groups in total. The summed E-state index contributed by atoms with van der Waals surface area (Å²) in [6.07, 6.45) is 3.24. The topological polar surface area (TPSA) is 49.7 Å². The first kappa shape index (κ1) is 8.71. The molecule has 0 bridgehead atoms. The summed E-state index contributed by atoms with van der Waals surface area (Å²) in [6.45, 7) is 1.93. The van der Waals surface area contributed by atoms with E-state index in [9.17, 15) is 5.11 Å². The lowest BCUT2D eigenvalue weighted by atomic mass is 10.1. The number of rotatable bonds is 2. The maximum Gasteiger partial charge on any atom is 0.0992 e. The molecule has 0 aliphatic carbocycles. The Morgan fingerprint density at radius 2 is 2.18 bits per heavy atom. The number of aliphatic hydroxyl groups is 2. The fraction of sp³-hybridized carbons (Fsp3) is 0.750. The molecule has 11 heavy (non-hydrogen) atoms. The third kappa shape index (κ3) is 2.02. The van der Waals surface area contributed by atoms with Gasteiger partial charge in [0.2, 0.25) is 0 Å². The molecule has 0 fully saturated rings. The molecule has 0 amide bonds. The molecule has 0 saturated carbocycles.